The summed E-state index contributed by atoms with van der Waals surface area (Å²) >= 11 is 0. The molecule has 126 valence electrons. The number of fused-ring (bicyclic) bond motifs is 1. The molecule has 0 unspecified atom stereocenters. The molecular weight excluding hydrogens is 326 g/mol. The van der Waals surface area contributed by atoms with Gasteiger partial charge < -0.3 is 4.74 Å². The van der Waals surface area contributed by atoms with Gasteiger partial charge in [-0.2, -0.15) is 9.40 Å². The van der Waals surface area contributed by atoms with Gasteiger partial charge >= 0.3 is 0 Å². The Hall–Kier alpha value is -2.12. The maximum Gasteiger partial charge on any atom is 0.242 e. The van der Waals surface area contributed by atoms with Gasteiger partial charge in [0.05, 0.1) is 10.9 Å². The van der Waals surface area contributed by atoms with Gasteiger partial charge in [-0.15, -0.1) is 0 Å². The Morgan fingerprint density at radius 2 is 2.08 bits per heavy atom. The van der Waals surface area contributed by atoms with Crippen LogP contribution in [0.3, 0.4) is 0 Å². The van der Waals surface area contributed by atoms with E-state index in [0.29, 0.717) is 18.0 Å². The third-order valence-corrected chi connectivity index (χ3v) is 6.44. The van der Waals surface area contributed by atoms with Gasteiger partial charge in [0.25, 0.3) is 0 Å². The van der Waals surface area contributed by atoms with Gasteiger partial charge in [0.1, 0.15) is 12.4 Å². The van der Waals surface area contributed by atoms with E-state index in [9.17, 15) is 8.42 Å². The Labute approximate surface area is 141 Å². The number of nitrogens with zero attached hydrogens (tertiary/aromatic N) is 3. The Kier molecular flexibility index (Phi) is 3.90. The molecule has 0 saturated carbocycles. The molecular formula is C17H19N3O3S. The summed E-state index contributed by atoms with van der Waals surface area (Å²) in [7, 11) is -3.52. The SMILES string of the molecule is O=S(=O)(C1=Cc2ccccc2OC1)N1CCC[C@@H](n2cccn2)C1. The van der Waals surface area contributed by atoms with Crippen LogP contribution in [-0.2, 0) is 10.0 Å². The summed E-state index contributed by atoms with van der Waals surface area (Å²) in [4.78, 5) is 0.322. The second-order valence-electron chi connectivity index (χ2n) is 6.08. The zero-order valence-electron chi connectivity index (χ0n) is 13.2. The number of rotatable bonds is 3. The molecule has 2 aromatic rings. The van der Waals surface area contributed by atoms with Crippen molar-refractivity contribution in [3.8, 4) is 5.75 Å². The van der Waals surface area contributed by atoms with Crippen LogP contribution in [-0.4, -0.2) is 42.2 Å². The maximum absolute atomic E-state index is 13.0. The van der Waals surface area contributed by atoms with Crippen molar-refractivity contribution in [3.05, 3.63) is 53.2 Å². The van der Waals surface area contributed by atoms with Crippen LogP contribution in [0.15, 0.2) is 47.6 Å². The van der Waals surface area contributed by atoms with Crippen molar-refractivity contribution in [2.75, 3.05) is 19.7 Å². The van der Waals surface area contributed by atoms with E-state index in [-0.39, 0.29) is 12.6 Å². The Balaban J connectivity index is 1.60. The third-order valence-electron chi connectivity index (χ3n) is 4.53. The van der Waals surface area contributed by atoms with Crippen LogP contribution >= 0.6 is 0 Å². The number of hydrogen-bond acceptors (Lipinski definition) is 4. The van der Waals surface area contributed by atoms with E-state index in [0.717, 1.165) is 24.2 Å². The monoisotopic (exact) mass is 345 g/mol. The topological polar surface area (TPSA) is 64.4 Å². The molecule has 0 bridgehead atoms. The predicted molar refractivity (Wildman–Crippen MR) is 90.9 cm³/mol. The maximum atomic E-state index is 13.0. The standard InChI is InChI=1S/C17H19N3O3S/c21-24(22,16-11-14-5-1-2-7-17(14)23-13-16)19-9-3-6-15(12-19)20-10-4-8-18-20/h1-2,4-5,7-8,10-11,15H,3,6,9,12-13H2/t15-/m1/s1. The average Bonchev–Trinajstić information content (AvgIpc) is 3.16. The van der Waals surface area contributed by atoms with E-state index in [4.69, 9.17) is 4.74 Å². The Morgan fingerprint density at radius 3 is 2.92 bits per heavy atom. The van der Waals surface area contributed by atoms with Gasteiger partial charge in [-0.1, -0.05) is 18.2 Å². The van der Waals surface area contributed by atoms with E-state index in [1.807, 2.05) is 41.2 Å². The largest absolute Gasteiger partial charge is 0.487 e. The van der Waals surface area contributed by atoms with E-state index in [1.165, 1.54) is 0 Å². The molecule has 0 spiro atoms. The number of sulfonamides is 1. The highest BCUT2D eigenvalue weighted by Crippen LogP contribution is 2.31. The zero-order valence-corrected chi connectivity index (χ0v) is 14.0. The number of aromatic nitrogens is 2. The van der Waals surface area contributed by atoms with Crippen LogP contribution in [0.5, 0.6) is 5.75 Å². The molecule has 1 atom stereocenters. The van der Waals surface area contributed by atoms with Crippen molar-refractivity contribution in [2.24, 2.45) is 0 Å². The van der Waals surface area contributed by atoms with E-state index >= 15 is 0 Å². The summed E-state index contributed by atoms with van der Waals surface area (Å²) in [6.07, 6.45) is 7.11. The molecule has 3 heterocycles. The number of para-hydroxylation sites is 1. The van der Waals surface area contributed by atoms with Crippen LogP contribution in [0.4, 0.5) is 0 Å². The summed E-state index contributed by atoms with van der Waals surface area (Å²) in [5.74, 6) is 0.726. The Morgan fingerprint density at radius 1 is 1.21 bits per heavy atom. The molecule has 1 fully saturated rings. The van der Waals surface area contributed by atoms with Crippen molar-refractivity contribution < 1.29 is 13.2 Å². The molecule has 0 aliphatic carbocycles. The van der Waals surface area contributed by atoms with Gasteiger partial charge in [0.2, 0.25) is 10.0 Å². The highest BCUT2D eigenvalue weighted by molar-refractivity contribution is 7.93. The van der Waals surface area contributed by atoms with Crippen molar-refractivity contribution in [3.63, 3.8) is 0 Å². The molecule has 2 aliphatic heterocycles. The van der Waals surface area contributed by atoms with Crippen molar-refractivity contribution >= 4 is 16.1 Å². The highest BCUT2D eigenvalue weighted by Gasteiger charge is 2.33. The molecule has 1 aromatic carbocycles. The highest BCUT2D eigenvalue weighted by atomic mass is 32.2. The number of hydrogen-bond donors (Lipinski definition) is 0. The van der Waals surface area contributed by atoms with Gasteiger partial charge in [-0.3, -0.25) is 4.68 Å². The summed E-state index contributed by atoms with van der Waals surface area (Å²) in [6.45, 7) is 1.07. The summed E-state index contributed by atoms with van der Waals surface area (Å²) in [5.41, 5.74) is 0.808. The minimum atomic E-state index is -3.52. The van der Waals surface area contributed by atoms with Crippen LogP contribution < -0.4 is 4.74 Å². The van der Waals surface area contributed by atoms with Crippen LogP contribution in [0.25, 0.3) is 6.08 Å². The van der Waals surface area contributed by atoms with Gasteiger partial charge in [0, 0.05) is 31.0 Å². The molecule has 0 amide bonds. The number of benzene rings is 1. The fourth-order valence-corrected chi connectivity index (χ4v) is 4.81. The first-order valence-corrected chi connectivity index (χ1v) is 9.50. The van der Waals surface area contributed by atoms with Gasteiger partial charge in [0.15, 0.2) is 0 Å². The second kappa shape index (κ2) is 6.07. The quantitative estimate of drug-likeness (QED) is 0.856. The zero-order chi connectivity index (χ0) is 16.6. The lowest BCUT2D eigenvalue weighted by Gasteiger charge is -2.33. The predicted octanol–water partition coefficient (Wildman–Crippen LogP) is 2.28. The van der Waals surface area contributed by atoms with E-state index in [2.05, 4.69) is 5.10 Å². The second-order valence-corrected chi connectivity index (χ2v) is 8.07. The van der Waals surface area contributed by atoms with Crippen molar-refractivity contribution in [2.45, 2.75) is 18.9 Å². The van der Waals surface area contributed by atoms with E-state index < -0.39 is 10.0 Å². The van der Waals surface area contributed by atoms with Crippen molar-refractivity contribution in [1.82, 2.24) is 14.1 Å². The molecule has 7 heteroatoms. The third kappa shape index (κ3) is 2.74. The molecule has 0 radical (unpaired) electrons. The lowest BCUT2D eigenvalue weighted by Crippen LogP contribution is -2.42. The van der Waals surface area contributed by atoms with Crippen LogP contribution in [0.1, 0.15) is 24.4 Å². The average molecular weight is 345 g/mol. The van der Waals surface area contributed by atoms with Crippen LogP contribution in [0, 0.1) is 0 Å². The van der Waals surface area contributed by atoms with Crippen LogP contribution in [0.2, 0.25) is 0 Å². The normalized spacial score (nSPS) is 21.7. The minimum absolute atomic E-state index is 0.0842. The molecule has 4 rings (SSSR count). The first-order chi connectivity index (χ1) is 11.6. The molecule has 1 saturated heterocycles. The molecule has 24 heavy (non-hydrogen) atoms. The first-order valence-electron chi connectivity index (χ1n) is 8.06. The molecule has 2 aliphatic rings. The first kappa shape index (κ1) is 15.4. The number of ether oxygens (including phenoxy) is 1. The molecule has 1 aromatic heterocycles. The lowest BCUT2D eigenvalue weighted by molar-refractivity contribution is 0.253. The lowest BCUT2D eigenvalue weighted by atomic mass is 10.1. The Bertz CT molecular complexity index is 859. The summed E-state index contributed by atoms with van der Waals surface area (Å²) in [6, 6.07) is 9.42. The van der Waals surface area contributed by atoms with Gasteiger partial charge in [-0.05, 0) is 31.1 Å². The summed E-state index contributed by atoms with van der Waals surface area (Å²) < 4.78 is 35.1. The van der Waals surface area contributed by atoms with Gasteiger partial charge in [-0.25, -0.2) is 8.42 Å². The summed E-state index contributed by atoms with van der Waals surface area (Å²) in [5, 5.41) is 4.25. The minimum Gasteiger partial charge on any atom is -0.487 e. The van der Waals surface area contributed by atoms with Crippen molar-refractivity contribution in [1.29, 1.82) is 0 Å². The molecule has 0 N–H and O–H groups in total. The fraction of sp³-hybridized carbons (Fsp3) is 0.353. The molecule has 6 nitrogen and oxygen atoms in total. The van der Waals surface area contributed by atoms with E-state index in [1.54, 1.807) is 16.6 Å². The number of piperidine rings is 1. The smallest absolute Gasteiger partial charge is 0.242 e. The fourth-order valence-electron chi connectivity index (χ4n) is 3.26.